The summed E-state index contributed by atoms with van der Waals surface area (Å²) in [6, 6.07) is 7.77. The molecule has 0 unspecified atom stereocenters. The Labute approximate surface area is 162 Å². The Morgan fingerprint density at radius 1 is 0.828 bits per heavy atom. The van der Waals surface area contributed by atoms with Crippen molar-refractivity contribution in [3.05, 3.63) is 47.5 Å². The zero-order chi connectivity index (χ0) is 22.3. The minimum Gasteiger partial charge on any atom is -0.195 e. The van der Waals surface area contributed by atoms with Crippen molar-refractivity contribution in [2.45, 2.75) is 63.0 Å². The zero-order valence-electron chi connectivity index (χ0n) is 15.4. The summed E-state index contributed by atoms with van der Waals surface area (Å²) < 4.78 is 118. The van der Waals surface area contributed by atoms with E-state index >= 15 is 0 Å². The summed E-state index contributed by atoms with van der Waals surface area (Å²) in [5.74, 6) is -14.7. The first-order chi connectivity index (χ1) is 13.3. The Bertz CT molecular complexity index is 735. The largest absolute Gasteiger partial charge is 0.460 e. The highest BCUT2D eigenvalue weighted by atomic mass is 19.4. The Hall–Kier alpha value is -2.11. The maximum Gasteiger partial charge on any atom is 0.460 e. The highest BCUT2D eigenvalue weighted by Crippen LogP contribution is 2.53. The predicted molar refractivity (Wildman–Crippen MR) is 91.1 cm³/mol. The predicted octanol–water partition coefficient (Wildman–Crippen LogP) is 7.40. The van der Waals surface area contributed by atoms with Gasteiger partial charge in [-0.15, -0.1) is 0 Å². The third kappa shape index (κ3) is 6.18. The molecule has 0 aromatic heterocycles. The molecule has 0 aliphatic rings. The van der Waals surface area contributed by atoms with E-state index in [9.17, 15) is 39.5 Å². The van der Waals surface area contributed by atoms with Gasteiger partial charge in [0.25, 0.3) is 0 Å². The molecule has 162 valence electrons. The van der Waals surface area contributed by atoms with Crippen LogP contribution in [0.15, 0.2) is 42.0 Å². The maximum atomic E-state index is 13.9. The van der Waals surface area contributed by atoms with Gasteiger partial charge >= 0.3 is 23.9 Å². The number of alkyl halides is 9. The van der Waals surface area contributed by atoms with Gasteiger partial charge in [-0.25, -0.2) is 0 Å². The molecule has 0 saturated carbocycles. The average Bonchev–Trinajstić information content (AvgIpc) is 2.62. The lowest BCUT2D eigenvalue weighted by atomic mass is 9.98. The quantitative estimate of drug-likeness (QED) is 0.229. The third-order valence-corrected chi connectivity index (χ3v) is 3.97. The van der Waals surface area contributed by atoms with E-state index in [0.717, 1.165) is 6.42 Å². The molecule has 9 heteroatoms. The van der Waals surface area contributed by atoms with Crippen molar-refractivity contribution in [2.24, 2.45) is 0 Å². The highest BCUT2D eigenvalue weighted by molar-refractivity contribution is 5.41. The summed E-state index contributed by atoms with van der Waals surface area (Å²) in [6.07, 6.45) is -5.43. The van der Waals surface area contributed by atoms with Crippen LogP contribution in [0.1, 0.15) is 44.6 Å². The molecule has 0 aliphatic heterocycles. The van der Waals surface area contributed by atoms with E-state index in [1.807, 2.05) is 6.92 Å². The van der Waals surface area contributed by atoms with Gasteiger partial charge in [0.05, 0.1) is 0 Å². The molecule has 1 aromatic carbocycles. The normalized spacial score (nSPS) is 13.8. The molecule has 0 nitrogen and oxygen atoms in total. The van der Waals surface area contributed by atoms with E-state index in [-0.39, 0.29) is 12.8 Å². The molecule has 1 aromatic rings. The zero-order valence-corrected chi connectivity index (χ0v) is 15.4. The van der Waals surface area contributed by atoms with Crippen LogP contribution in [0, 0.1) is 11.8 Å². The van der Waals surface area contributed by atoms with Crippen LogP contribution in [0.25, 0.3) is 0 Å². The van der Waals surface area contributed by atoms with Crippen molar-refractivity contribution in [3.63, 3.8) is 0 Å². The molecule has 0 bridgehead atoms. The molecule has 0 amide bonds. The van der Waals surface area contributed by atoms with Crippen molar-refractivity contribution < 1.29 is 39.5 Å². The van der Waals surface area contributed by atoms with Crippen LogP contribution in [-0.2, 0) is 0 Å². The van der Waals surface area contributed by atoms with E-state index in [2.05, 4.69) is 11.8 Å². The van der Waals surface area contributed by atoms with E-state index in [4.69, 9.17) is 0 Å². The van der Waals surface area contributed by atoms with Crippen LogP contribution in [0.4, 0.5) is 39.5 Å². The second kappa shape index (κ2) is 9.59. The van der Waals surface area contributed by atoms with E-state index in [1.165, 1.54) is 12.1 Å². The standard InChI is InChI=1S/C20H19F9/c1-2-3-4-6-11-16(13-12-15-9-7-5-8-10-15)14-17(21,22)18(23,24)19(25,26)20(27,28)29/h5,7-10,14H,2-4,6,11H2,1H3/b16-14+. The molecule has 0 saturated heterocycles. The molecule has 29 heavy (non-hydrogen) atoms. The smallest absolute Gasteiger partial charge is 0.195 e. The number of benzene rings is 1. The number of halogens is 9. The lowest BCUT2D eigenvalue weighted by Gasteiger charge is -2.32. The second-order valence-corrected chi connectivity index (χ2v) is 6.37. The lowest BCUT2D eigenvalue weighted by Crippen LogP contribution is -2.60. The van der Waals surface area contributed by atoms with Crippen LogP contribution in [0.3, 0.4) is 0 Å². The highest BCUT2D eigenvalue weighted by Gasteiger charge is 2.81. The minimum absolute atomic E-state index is 0.237. The molecular weight excluding hydrogens is 411 g/mol. The molecule has 0 heterocycles. The van der Waals surface area contributed by atoms with Crippen molar-refractivity contribution in [1.82, 2.24) is 0 Å². The molecule has 0 atom stereocenters. The molecule has 0 aliphatic carbocycles. The molecule has 0 N–H and O–H groups in total. The van der Waals surface area contributed by atoms with Crippen LogP contribution in [0.2, 0.25) is 0 Å². The van der Waals surface area contributed by atoms with Gasteiger partial charge in [-0.3, -0.25) is 0 Å². The first-order valence-electron chi connectivity index (χ1n) is 8.75. The van der Waals surface area contributed by atoms with Gasteiger partial charge in [-0.05, 0) is 25.0 Å². The monoisotopic (exact) mass is 430 g/mol. The number of hydrogen-bond acceptors (Lipinski definition) is 0. The lowest BCUT2D eigenvalue weighted by molar-refractivity contribution is -0.388. The first-order valence-corrected chi connectivity index (χ1v) is 8.75. The van der Waals surface area contributed by atoms with Crippen LogP contribution in [0.5, 0.6) is 0 Å². The SMILES string of the molecule is CCCCCC/C(C#Cc1ccccc1)=C\C(F)(F)C(F)(F)C(F)(F)C(F)(F)F. The van der Waals surface area contributed by atoms with E-state index in [0.29, 0.717) is 18.4 Å². The van der Waals surface area contributed by atoms with Crippen molar-refractivity contribution in [1.29, 1.82) is 0 Å². The molecule has 0 spiro atoms. The Kier molecular flexibility index (Phi) is 8.25. The van der Waals surface area contributed by atoms with Gasteiger partial charge in [0.1, 0.15) is 0 Å². The van der Waals surface area contributed by atoms with Crippen LogP contribution in [-0.4, -0.2) is 23.9 Å². The number of allylic oxidation sites excluding steroid dienone is 2. The van der Waals surface area contributed by atoms with Crippen molar-refractivity contribution in [2.75, 3.05) is 0 Å². The van der Waals surface area contributed by atoms with Crippen molar-refractivity contribution in [3.8, 4) is 11.8 Å². The summed E-state index contributed by atoms with van der Waals surface area (Å²) >= 11 is 0. The van der Waals surface area contributed by atoms with Gasteiger partial charge in [0.15, 0.2) is 0 Å². The van der Waals surface area contributed by atoms with E-state index < -0.39 is 35.6 Å². The molecule has 0 fully saturated rings. The topological polar surface area (TPSA) is 0 Å². The number of unbranched alkanes of at least 4 members (excludes halogenated alkanes) is 3. The van der Waals surface area contributed by atoms with E-state index in [1.54, 1.807) is 18.2 Å². The summed E-state index contributed by atoms with van der Waals surface area (Å²) in [5.41, 5.74) is -0.296. The van der Waals surface area contributed by atoms with Gasteiger partial charge < -0.3 is 0 Å². The first kappa shape index (κ1) is 24.9. The summed E-state index contributed by atoms with van der Waals surface area (Å²) in [7, 11) is 0. The van der Waals surface area contributed by atoms with Gasteiger partial charge in [0, 0.05) is 17.2 Å². The average molecular weight is 430 g/mol. The fourth-order valence-corrected chi connectivity index (χ4v) is 2.28. The molecular formula is C20H19F9. The van der Waals surface area contributed by atoms with Gasteiger partial charge in [0.2, 0.25) is 0 Å². The fraction of sp³-hybridized carbons (Fsp3) is 0.500. The molecule has 1 rings (SSSR count). The molecule has 0 radical (unpaired) electrons. The maximum absolute atomic E-state index is 13.9. The summed E-state index contributed by atoms with van der Waals surface area (Å²) in [4.78, 5) is 0. The summed E-state index contributed by atoms with van der Waals surface area (Å²) in [6.45, 7) is 1.86. The Morgan fingerprint density at radius 2 is 1.41 bits per heavy atom. The van der Waals surface area contributed by atoms with Crippen molar-refractivity contribution >= 4 is 0 Å². The number of hydrogen-bond donors (Lipinski definition) is 0. The summed E-state index contributed by atoms with van der Waals surface area (Å²) in [5, 5.41) is 0. The fourth-order valence-electron chi connectivity index (χ4n) is 2.28. The van der Waals surface area contributed by atoms with Crippen LogP contribution >= 0.6 is 0 Å². The Balaban J connectivity index is 3.28. The Morgan fingerprint density at radius 3 is 1.93 bits per heavy atom. The third-order valence-electron chi connectivity index (χ3n) is 3.97. The minimum atomic E-state index is -6.92. The van der Waals surface area contributed by atoms with Gasteiger partial charge in [-0.1, -0.05) is 56.2 Å². The van der Waals surface area contributed by atoms with Crippen LogP contribution < -0.4 is 0 Å². The second-order valence-electron chi connectivity index (χ2n) is 6.37. The number of rotatable bonds is 8. The van der Waals surface area contributed by atoms with Gasteiger partial charge in [-0.2, -0.15) is 39.5 Å².